The first kappa shape index (κ1) is 17.6. The van der Waals surface area contributed by atoms with Crippen molar-refractivity contribution >= 4 is 28.9 Å². The summed E-state index contributed by atoms with van der Waals surface area (Å²) in [5.74, 6) is 0.182. The van der Waals surface area contributed by atoms with Crippen molar-refractivity contribution in [3.05, 3.63) is 58.1 Å². The van der Waals surface area contributed by atoms with Crippen molar-refractivity contribution in [2.45, 2.75) is 32.7 Å². The van der Waals surface area contributed by atoms with E-state index in [0.717, 1.165) is 36.8 Å². The van der Waals surface area contributed by atoms with Gasteiger partial charge in [-0.2, -0.15) is 0 Å². The number of hydrogen-bond acceptors (Lipinski definition) is 5. The van der Waals surface area contributed by atoms with Crippen molar-refractivity contribution in [1.29, 1.82) is 0 Å². The number of rotatable bonds is 7. The molecule has 1 heterocycles. The van der Waals surface area contributed by atoms with E-state index < -0.39 is 4.92 Å². The Balaban J connectivity index is 1.97. The molecule has 0 saturated carbocycles. The van der Waals surface area contributed by atoms with Gasteiger partial charge in [0.2, 0.25) is 5.95 Å². The molecular formula is C19H19N4O3-. The van der Waals surface area contributed by atoms with Gasteiger partial charge in [0.15, 0.2) is 0 Å². The monoisotopic (exact) mass is 351 g/mol. The van der Waals surface area contributed by atoms with Crippen molar-refractivity contribution in [3.63, 3.8) is 0 Å². The predicted molar refractivity (Wildman–Crippen MR) is 99.1 cm³/mol. The number of aliphatic imine (C=N–C) groups is 1. The number of aromatic nitrogens is 2. The zero-order chi connectivity index (χ0) is 18.5. The molecule has 0 aliphatic carbocycles. The van der Waals surface area contributed by atoms with Crippen LogP contribution in [-0.4, -0.2) is 20.7 Å². The Morgan fingerprint density at radius 2 is 2.04 bits per heavy atom. The number of para-hydroxylation sites is 2. The lowest BCUT2D eigenvalue weighted by Crippen LogP contribution is -2.00. The van der Waals surface area contributed by atoms with Crippen LogP contribution in [0.3, 0.4) is 0 Å². The molecule has 0 spiro atoms. The maximum atomic E-state index is 11.9. The summed E-state index contributed by atoms with van der Waals surface area (Å²) in [4.78, 5) is 19.2. The number of nitro benzene ring substituents is 1. The molecule has 3 rings (SSSR count). The Hall–Kier alpha value is -3.22. The smallest absolute Gasteiger partial charge is 0.270 e. The van der Waals surface area contributed by atoms with E-state index in [1.165, 1.54) is 24.4 Å². The van der Waals surface area contributed by atoms with Gasteiger partial charge >= 0.3 is 0 Å². The molecule has 0 fully saturated rings. The van der Waals surface area contributed by atoms with Crippen LogP contribution in [0.5, 0.6) is 5.75 Å². The first-order chi connectivity index (χ1) is 12.6. The van der Waals surface area contributed by atoms with Crippen LogP contribution in [0.15, 0.2) is 47.5 Å². The van der Waals surface area contributed by atoms with Crippen molar-refractivity contribution < 1.29 is 10.0 Å². The van der Waals surface area contributed by atoms with Crippen molar-refractivity contribution in [2.75, 3.05) is 0 Å². The number of nitrogens with zero attached hydrogens (tertiary/aromatic N) is 4. The third-order valence-corrected chi connectivity index (χ3v) is 4.14. The molecule has 26 heavy (non-hydrogen) atoms. The Kier molecular flexibility index (Phi) is 5.26. The second-order valence-corrected chi connectivity index (χ2v) is 6.00. The quantitative estimate of drug-likeness (QED) is 0.278. The molecular weight excluding hydrogens is 332 g/mol. The van der Waals surface area contributed by atoms with Gasteiger partial charge in [-0.1, -0.05) is 43.7 Å². The lowest BCUT2D eigenvalue weighted by Gasteiger charge is -2.09. The van der Waals surface area contributed by atoms with Crippen LogP contribution in [0.25, 0.3) is 11.0 Å². The fourth-order valence-electron chi connectivity index (χ4n) is 2.78. The fraction of sp³-hybridized carbons (Fsp3) is 0.263. The maximum Gasteiger partial charge on any atom is 0.270 e. The Labute approximate surface area is 150 Å². The second-order valence-electron chi connectivity index (χ2n) is 6.00. The van der Waals surface area contributed by atoms with E-state index in [-0.39, 0.29) is 17.0 Å². The highest BCUT2D eigenvalue weighted by molar-refractivity contribution is 5.86. The molecule has 0 bridgehead atoms. The molecule has 0 aliphatic heterocycles. The topological polar surface area (TPSA) is 96.4 Å². The highest BCUT2D eigenvalue weighted by atomic mass is 16.6. The summed E-state index contributed by atoms with van der Waals surface area (Å²) < 4.78 is 2.02. The summed E-state index contributed by atoms with van der Waals surface area (Å²) in [7, 11) is 0. The molecule has 7 heteroatoms. The normalized spacial score (nSPS) is 11.4. The van der Waals surface area contributed by atoms with Gasteiger partial charge in [0.1, 0.15) is 0 Å². The molecule has 0 N–H and O–H groups in total. The minimum absolute atomic E-state index is 0.137. The summed E-state index contributed by atoms with van der Waals surface area (Å²) in [6.07, 6.45) is 4.57. The van der Waals surface area contributed by atoms with Crippen molar-refractivity contribution in [3.8, 4) is 5.75 Å². The largest absolute Gasteiger partial charge is 0.872 e. The lowest BCUT2D eigenvalue weighted by atomic mass is 10.2. The van der Waals surface area contributed by atoms with E-state index in [2.05, 4.69) is 16.9 Å². The Bertz CT molecular complexity index is 963. The third-order valence-electron chi connectivity index (χ3n) is 4.14. The lowest BCUT2D eigenvalue weighted by molar-refractivity contribution is -0.385. The van der Waals surface area contributed by atoms with E-state index in [4.69, 9.17) is 0 Å². The minimum atomic E-state index is -0.531. The molecule has 1 aromatic heterocycles. The van der Waals surface area contributed by atoms with Crippen LogP contribution in [-0.2, 0) is 6.54 Å². The van der Waals surface area contributed by atoms with Crippen molar-refractivity contribution in [1.82, 2.24) is 9.55 Å². The zero-order valence-electron chi connectivity index (χ0n) is 14.5. The third kappa shape index (κ3) is 3.72. The molecule has 2 aromatic carbocycles. The van der Waals surface area contributed by atoms with Crippen LogP contribution < -0.4 is 5.11 Å². The maximum absolute atomic E-state index is 11.9. The van der Waals surface area contributed by atoms with Crippen LogP contribution >= 0.6 is 0 Å². The van der Waals surface area contributed by atoms with Gasteiger partial charge < -0.3 is 9.67 Å². The molecule has 134 valence electrons. The first-order valence-electron chi connectivity index (χ1n) is 8.55. The van der Waals surface area contributed by atoms with E-state index in [9.17, 15) is 15.2 Å². The Morgan fingerprint density at radius 1 is 1.23 bits per heavy atom. The minimum Gasteiger partial charge on any atom is -0.872 e. The molecule has 0 unspecified atom stereocenters. The molecule has 0 amide bonds. The number of imidazole rings is 1. The van der Waals surface area contributed by atoms with Gasteiger partial charge in [-0.25, -0.2) is 9.98 Å². The average molecular weight is 351 g/mol. The summed E-state index contributed by atoms with van der Waals surface area (Å²) >= 11 is 0. The number of hydrogen-bond donors (Lipinski definition) is 0. The molecule has 0 radical (unpaired) electrons. The molecule has 0 atom stereocenters. The number of unbranched alkanes of at least 4 members (excludes halogenated alkanes) is 2. The molecule has 7 nitrogen and oxygen atoms in total. The molecule has 0 saturated heterocycles. The van der Waals surface area contributed by atoms with E-state index in [1.807, 2.05) is 28.8 Å². The second kappa shape index (κ2) is 7.77. The Morgan fingerprint density at radius 3 is 2.81 bits per heavy atom. The average Bonchev–Trinajstić information content (AvgIpc) is 2.99. The summed E-state index contributed by atoms with van der Waals surface area (Å²) in [5, 5.41) is 22.8. The number of aryl methyl sites for hydroxylation is 1. The van der Waals surface area contributed by atoms with Crippen molar-refractivity contribution in [2.24, 2.45) is 4.99 Å². The van der Waals surface area contributed by atoms with Gasteiger partial charge in [0.05, 0.1) is 16.0 Å². The standard InChI is InChI=1S/C19H20N4O3/c1-2-3-6-11-22-17-8-5-4-7-16(17)21-19(22)20-13-14-12-15(23(25)26)9-10-18(14)24/h4-5,7-10,12-13,24H,2-3,6,11H2,1H3/p-1. The molecule has 3 aromatic rings. The number of benzene rings is 2. The van der Waals surface area contributed by atoms with Gasteiger partial charge in [-0.15, -0.1) is 0 Å². The van der Waals surface area contributed by atoms with Gasteiger partial charge in [-0.3, -0.25) is 10.1 Å². The van der Waals surface area contributed by atoms with Crippen LogP contribution in [0.2, 0.25) is 0 Å². The predicted octanol–water partition coefficient (Wildman–Crippen LogP) is 3.96. The number of fused-ring (bicyclic) bond motifs is 1. The van der Waals surface area contributed by atoms with Crippen LogP contribution in [0.1, 0.15) is 31.7 Å². The van der Waals surface area contributed by atoms with E-state index >= 15 is 0 Å². The summed E-state index contributed by atoms with van der Waals surface area (Å²) in [6.45, 7) is 2.92. The summed E-state index contributed by atoms with van der Waals surface area (Å²) in [5.41, 5.74) is 1.85. The van der Waals surface area contributed by atoms with E-state index in [1.54, 1.807) is 0 Å². The van der Waals surface area contributed by atoms with Crippen LogP contribution in [0, 0.1) is 10.1 Å². The zero-order valence-corrected chi connectivity index (χ0v) is 14.5. The fourth-order valence-corrected chi connectivity index (χ4v) is 2.78. The van der Waals surface area contributed by atoms with Crippen LogP contribution in [0.4, 0.5) is 11.6 Å². The van der Waals surface area contributed by atoms with Gasteiger partial charge in [-0.05, 0) is 24.1 Å². The molecule has 0 aliphatic rings. The highest BCUT2D eigenvalue weighted by Crippen LogP contribution is 2.24. The number of nitro groups is 1. The highest BCUT2D eigenvalue weighted by Gasteiger charge is 2.10. The van der Waals surface area contributed by atoms with Gasteiger partial charge in [0, 0.05) is 24.9 Å². The van der Waals surface area contributed by atoms with E-state index in [0.29, 0.717) is 5.95 Å². The number of non-ortho nitro benzene ring substituents is 1. The summed E-state index contributed by atoms with van der Waals surface area (Å²) in [6, 6.07) is 11.4. The first-order valence-corrected chi connectivity index (χ1v) is 8.55. The SMILES string of the molecule is CCCCCn1c(N=Cc2cc([N+](=O)[O-])ccc2[O-])nc2ccccc21. The van der Waals surface area contributed by atoms with Gasteiger partial charge in [0.25, 0.3) is 5.69 Å².